The van der Waals surface area contributed by atoms with Crippen molar-refractivity contribution in [2.24, 2.45) is 0 Å². The predicted molar refractivity (Wildman–Crippen MR) is 79.8 cm³/mol. The number of nitrogens with zero attached hydrogens (tertiary/aromatic N) is 2. The summed E-state index contributed by atoms with van der Waals surface area (Å²) in [6.07, 6.45) is 0. The maximum atomic E-state index is 12.0. The standard InChI is InChI=1S/C13H19N3O4S/c1-13(2,15-5-7-20-8-6-15)9-14-12(17)10-3-4-11(21-10)16(18)19/h3-4H,5-9H2,1-2H3,(H,14,17). The Morgan fingerprint density at radius 1 is 1.48 bits per heavy atom. The van der Waals surface area contributed by atoms with Crippen molar-refractivity contribution in [2.45, 2.75) is 19.4 Å². The number of carbonyl (C=O) groups is 1. The average molecular weight is 313 g/mol. The van der Waals surface area contributed by atoms with E-state index in [-0.39, 0.29) is 16.4 Å². The molecular weight excluding hydrogens is 294 g/mol. The lowest BCUT2D eigenvalue weighted by Gasteiger charge is -2.40. The molecule has 21 heavy (non-hydrogen) atoms. The Balaban J connectivity index is 1.91. The number of carbonyl (C=O) groups excluding carboxylic acids is 1. The summed E-state index contributed by atoms with van der Waals surface area (Å²) < 4.78 is 5.32. The van der Waals surface area contributed by atoms with Crippen LogP contribution in [0.5, 0.6) is 0 Å². The van der Waals surface area contributed by atoms with Gasteiger partial charge in [0.15, 0.2) is 0 Å². The Labute approximate surface area is 127 Å². The first-order chi connectivity index (χ1) is 9.90. The molecule has 8 heteroatoms. The molecule has 0 aliphatic carbocycles. The summed E-state index contributed by atoms with van der Waals surface area (Å²) in [5, 5.41) is 13.5. The molecule has 0 unspecified atom stereocenters. The lowest BCUT2D eigenvalue weighted by Crippen LogP contribution is -2.55. The Morgan fingerprint density at radius 3 is 2.71 bits per heavy atom. The van der Waals surface area contributed by atoms with Crippen LogP contribution in [-0.2, 0) is 4.74 Å². The fourth-order valence-corrected chi connectivity index (χ4v) is 2.95. The second-order valence-electron chi connectivity index (χ2n) is 5.49. The lowest BCUT2D eigenvalue weighted by atomic mass is 10.0. The fraction of sp³-hybridized carbons (Fsp3) is 0.615. The van der Waals surface area contributed by atoms with E-state index in [0.29, 0.717) is 24.6 Å². The maximum absolute atomic E-state index is 12.0. The van der Waals surface area contributed by atoms with Gasteiger partial charge in [0.25, 0.3) is 5.91 Å². The van der Waals surface area contributed by atoms with Crippen molar-refractivity contribution < 1.29 is 14.5 Å². The monoisotopic (exact) mass is 313 g/mol. The zero-order valence-electron chi connectivity index (χ0n) is 12.1. The number of ether oxygens (including phenoxy) is 1. The van der Waals surface area contributed by atoms with Crippen LogP contribution in [0.3, 0.4) is 0 Å². The van der Waals surface area contributed by atoms with Crippen molar-refractivity contribution in [3.05, 3.63) is 27.1 Å². The van der Waals surface area contributed by atoms with Crippen LogP contribution in [-0.4, -0.2) is 54.1 Å². The minimum absolute atomic E-state index is 0.0208. The largest absolute Gasteiger partial charge is 0.379 e. The molecule has 2 heterocycles. The van der Waals surface area contributed by atoms with Crippen molar-refractivity contribution in [1.29, 1.82) is 0 Å². The summed E-state index contributed by atoms with van der Waals surface area (Å²) in [5.74, 6) is -0.269. The molecule has 0 saturated carbocycles. The number of morpholine rings is 1. The van der Waals surface area contributed by atoms with E-state index in [9.17, 15) is 14.9 Å². The molecule has 1 amide bonds. The number of rotatable bonds is 5. The van der Waals surface area contributed by atoms with E-state index in [1.807, 2.05) is 0 Å². The Hall–Kier alpha value is -1.51. The molecule has 0 aromatic carbocycles. The van der Waals surface area contributed by atoms with E-state index in [0.717, 1.165) is 24.4 Å². The van der Waals surface area contributed by atoms with Crippen LogP contribution < -0.4 is 5.32 Å². The third-order valence-corrected chi connectivity index (χ3v) is 4.58. The highest BCUT2D eigenvalue weighted by atomic mass is 32.1. The van der Waals surface area contributed by atoms with Gasteiger partial charge in [-0.05, 0) is 19.9 Å². The summed E-state index contributed by atoms with van der Waals surface area (Å²) in [6.45, 7) is 7.70. The van der Waals surface area contributed by atoms with E-state index in [4.69, 9.17) is 4.74 Å². The van der Waals surface area contributed by atoms with E-state index >= 15 is 0 Å². The van der Waals surface area contributed by atoms with Gasteiger partial charge >= 0.3 is 5.00 Å². The molecule has 1 fully saturated rings. The number of thiophene rings is 1. The van der Waals surface area contributed by atoms with Gasteiger partial charge in [-0.3, -0.25) is 19.8 Å². The summed E-state index contributed by atoms with van der Waals surface area (Å²) in [6, 6.07) is 2.84. The SMILES string of the molecule is CC(C)(CNC(=O)c1ccc([N+](=O)[O-])s1)N1CCOCC1. The maximum Gasteiger partial charge on any atom is 0.324 e. The van der Waals surface area contributed by atoms with Crippen molar-refractivity contribution >= 4 is 22.2 Å². The van der Waals surface area contributed by atoms with Crippen LogP contribution >= 0.6 is 11.3 Å². The summed E-state index contributed by atoms with van der Waals surface area (Å²) in [7, 11) is 0. The Morgan fingerprint density at radius 2 is 2.14 bits per heavy atom. The lowest BCUT2D eigenvalue weighted by molar-refractivity contribution is -0.380. The fourth-order valence-electron chi connectivity index (χ4n) is 2.21. The van der Waals surface area contributed by atoms with E-state index in [1.54, 1.807) is 0 Å². The Kier molecular flexibility index (Phi) is 4.92. The molecule has 0 atom stereocenters. The van der Waals surface area contributed by atoms with Crippen LogP contribution in [0, 0.1) is 10.1 Å². The number of nitrogens with one attached hydrogen (secondary N) is 1. The number of hydrogen-bond acceptors (Lipinski definition) is 6. The molecule has 0 bridgehead atoms. The molecule has 0 radical (unpaired) electrons. The molecule has 7 nitrogen and oxygen atoms in total. The molecule has 1 aliphatic heterocycles. The molecular formula is C13H19N3O4S. The second-order valence-corrected chi connectivity index (χ2v) is 6.55. The van der Waals surface area contributed by atoms with Crippen molar-refractivity contribution in [1.82, 2.24) is 10.2 Å². The number of hydrogen-bond donors (Lipinski definition) is 1. The smallest absolute Gasteiger partial charge is 0.324 e. The van der Waals surface area contributed by atoms with Gasteiger partial charge in [-0.1, -0.05) is 11.3 Å². The minimum Gasteiger partial charge on any atom is -0.379 e. The van der Waals surface area contributed by atoms with Gasteiger partial charge < -0.3 is 10.1 Å². The zero-order chi connectivity index (χ0) is 15.5. The third kappa shape index (κ3) is 3.99. The normalized spacial score (nSPS) is 16.7. The first kappa shape index (κ1) is 15.9. The van der Waals surface area contributed by atoms with Gasteiger partial charge in [-0.2, -0.15) is 0 Å². The summed E-state index contributed by atoms with van der Waals surface area (Å²) in [5.41, 5.74) is -0.178. The van der Waals surface area contributed by atoms with Crippen LogP contribution in [0.25, 0.3) is 0 Å². The highest BCUT2D eigenvalue weighted by Gasteiger charge is 2.29. The first-order valence-corrected chi connectivity index (χ1v) is 7.57. The highest BCUT2D eigenvalue weighted by Crippen LogP contribution is 2.24. The summed E-state index contributed by atoms with van der Waals surface area (Å²) in [4.78, 5) is 24.8. The van der Waals surface area contributed by atoms with Crippen LogP contribution in [0.15, 0.2) is 12.1 Å². The summed E-state index contributed by atoms with van der Waals surface area (Å²) >= 11 is 0.891. The molecule has 1 aromatic heterocycles. The van der Waals surface area contributed by atoms with Crippen molar-refractivity contribution in [3.8, 4) is 0 Å². The Bertz CT molecular complexity index is 523. The molecule has 1 aromatic rings. The predicted octanol–water partition coefficient (Wildman–Crippen LogP) is 1.50. The van der Waals surface area contributed by atoms with Gasteiger partial charge in [0.05, 0.1) is 23.0 Å². The van der Waals surface area contributed by atoms with E-state index in [1.165, 1.54) is 12.1 Å². The van der Waals surface area contributed by atoms with Crippen molar-refractivity contribution in [2.75, 3.05) is 32.8 Å². The molecule has 1 saturated heterocycles. The number of nitro groups is 1. The molecule has 0 spiro atoms. The van der Waals surface area contributed by atoms with Gasteiger partial charge in [0.2, 0.25) is 0 Å². The quantitative estimate of drug-likeness (QED) is 0.658. The van der Waals surface area contributed by atoms with E-state index in [2.05, 4.69) is 24.1 Å². The zero-order valence-corrected chi connectivity index (χ0v) is 12.9. The highest BCUT2D eigenvalue weighted by molar-refractivity contribution is 7.17. The van der Waals surface area contributed by atoms with Crippen LogP contribution in [0.2, 0.25) is 0 Å². The van der Waals surface area contributed by atoms with Gasteiger partial charge in [0.1, 0.15) is 0 Å². The molecule has 1 aliphatic rings. The number of amides is 1. The average Bonchev–Trinajstić information content (AvgIpc) is 2.96. The molecule has 1 N–H and O–H groups in total. The molecule has 116 valence electrons. The third-order valence-electron chi connectivity index (χ3n) is 3.54. The van der Waals surface area contributed by atoms with Crippen LogP contribution in [0.1, 0.15) is 23.5 Å². The van der Waals surface area contributed by atoms with Crippen LogP contribution in [0.4, 0.5) is 5.00 Å². The first-order valence-electron chi connectivity index (χ1n) is 6.75. The van der Waals surface area contributed by atoms with E-state index < -0.39 is 4.92 Å². The van der Waals surface area contributed by atoms with Gasteiger partial charge in [0, 0.05) is 31.2 Å². The van der Waals surface area contributed by atoms with Crippen molar-refractivity contribution in [3.63, 3.8) is 0 Å². The second kappa shape index (κ2) is 6.50. The minimum atomic E-state index is -0.487. The van der Waals surface area contributed by atoms with Gasteiger partial charge in [-0.25, -0.2) is 0 Å². The molecule has 2 rings (SSSR count). The topological polar surface area (TPSA) is 84.7 Å². The van der Waals surface area contributed by atoms with Gasteiger partial charge in [-0.15, -0.1) is 0 Å².